The van der Waals surface area contributed by atoms with Gasteiger partial charge in [-0.1, -0.05) is 30.3 Å². The number of aryl methyl sites for hydroxylation is 2. The molecule has 11 heteroatoms. The summed E-state index contributed by atoms with van der Waals surface area (Å²) in [4.78, 5) is 26.2. The zero-order valence-corrected chi connectivity index (χ0v) is 23.3. The summed E-state index contributed by atoms with van der Waals surface area (Å²) >= 11 is 0. The molecule has 1 saturated heterocycles. The monoisotopic (exact) mass is 559 g/mol. The van der Waals surface area contributed by atoms with Crippen LogP contribution in [0.1, 0.15) is 40.8 Å². The van der Waals surface area contributed by atoms with Gasteiger partial charge in [-0.3, -0.25) is 14.5 Å². The minimum atomic E-state index is -0.102. The van der Waals surface area contributed by atoms with Crippen LogP contribution < -0.4 is 0 Å². The second-order valence-corrected chi connectivity index (χ2v) is 10.6. The molecule has 0 spiro atoms. The predicted molar refractivity (Wildman–Crippen MR) is 155 cm³/mol. The van der Waals surface area contributed by atoms with Crippen LogP contribution in [-0.4, -0.2) is 63.9 Å². The molecule has 0 radical (unpaired) electrons. The van der Waals surface area contributed by atoms with E-state index in [0.717, 1.165) is 35.2 Å². The summed E-state index contributed by atoms with van der Waals surface area (Å²) < 4.78 is 7.81. The quantitative estimate of drug-likeness (QED) is 0.287. The minimum Gasteiger partial charge on any atom is -0.436 e. The highest BCUT2D eigenvalue weighted by molar-refractivity contribution is 5.93. The van der Waals surface area contributed by atoms with Gasteiger partial charge in [0.1, 0.15) is 17.3 Å². The summed E-state index contributed by atoms with van der Waals surface area (Å²) in [5.74, 6) is 1.25. The van der Waals surface area contributed by atoms with Crippen LogP contribution in [0, 0.1) is 12.8 Å². The molecule has 210 valence electrons. The van der Waals surface area contributed by atoms with E-state index in [1.165, 1.54) is 0 Å². The average molecular weight is 560 g/mol. The Morgan fingerprint density at radius 2 is 1.81 bits per heavy atom. The standard InChI is InChI=1S/C31H29N9O2/c1-20-34-37-40(35-20)29(21-6-4-3-5-7-21)22-11-16-39(17-12-22)31(41)27-19-24(10-14-32-27)30-33-26-18-23(8-9-28(26)42-30)25-13-15-38(2)36-25/h3-10,13-15,18-19,22,29H,11-12,16-17H2,1-2H3/t29-/m0/s1. The highest BCUT2D eigenvalue weighted by Crippen LogP contribution is 2.34. The first-order valence-electron chi connectivity index (χ1n) is 14.0. The van der Waals surface area contributed by atoms with E-state index in [9.17, 15) is 4.79 Å². The van der Waals surface area contributed by atoms with Crippen molar-refractivity contribution in [3.05, 3.63) is 96.2 Å². The van der Waals surface area contributed by atoms with Crippen molar-refractivity contribution in [3.8, 4) is 22.7 Å². The second-order valence-electron chi connectivity index (χ2n) is 10.6. The zero-order valence-electron chi connectivity index (χ0n) is 23.3. The maximum absolute atomic E-state index is 13.5. The third kappa shape index (κ3) is 4.93. The third-order valence-electron chi connectivity index (χ3n) is 7.81. The fourth-order valence-corrected chi connectivity index (χ4v) is 5.70. The van der Waals surface area contributed by atoms with Crippen LogP contribution in [0.15, 0.2) is 83.5 Å². The third-order valence-corrected chi connectivity index (χ3v) is 7.81. The number of piperidine rings is 1. The van der Waals surface area contributed by atoms with Gasteiger partial charge in [-0.15, -0.1) is 10.2 Å². The molecule has 42 heavy (non-hydrogen) atoms. The van der Waals surface area contributed by atoms with E-state index < -0.39 is 0 Å². The van der Waals surface area contributed by atoms with Crippen LogP contribution in [0.25, 0.3) is 33.8 Å². The molecule has 0 N–H and O–H groups in total. The number of amides is 1. The number of oxazole rings is 1. The lowest BCUT2D eigenvalue weighted by atomic mass is 9.85. The van der Waals surface area contributed by atoms with Gasteiger partial charge in [0, 0.05) is 43.7 Å². The molecule has 0 unspecified atom stereocenters. The van der Waals surface area contributed by atoms with Gasteiger partial charge in [0.2, 0.25) is 5.89 Å². The number of nitrogens with zero attached hydrogens (tertiary/aromatic N) is 9. The van der Waals surface area contributed by atoms with Gasteiger partial charge in [0.05, 0.1) is 5.69 Å². The maximum Gasteiger partial charge on any atom is 0.272 e. The van der Waals surface area contributed by atoms with Gasteiger partial charge in [0.25, 0.3) is 5.91 Å². The topological polar surface area (TPSA) is 121 Å². The Kier molecular flexibility index (Phi) is 6.54. The van der Waals surface area contributed by atoms with E-state index in [-0.39, 0.29) is 17.9 Å². The highest BCUT2D eigenvalue weighted by Gasteiger charge is 2.32. The van der Waals surface area contributed by atoms with Crippen LogP contribution in [0.4, 0.5) is 0 Å². The molecule has 0 bridgehead atoms. The molecule has 1 atom stereocenters. The predicted octanol–water partition coefficient (Wildman–Crippen LogP) is 4.73. The van der Waals surface area contributed by atoms with E-state index in [4.69, 9.17) is 9.40 Å². The number of hydrogen-bond acceptors (Lipinski definition) is 8. The lowest BCUT2D eigenvalue weighted by Crippen LogP contribution is -2.41. The molecule has 2 aromatic carbocycles. The largest absolute Gasteiger partial charge is 0.436 e. The van der Waals surface area contributed by atoms with E-state index >= 15 is 0 Å². The molecule has 7 rings (SSSR count). The van der Waals surface area contributed by atoms with Crippen molar-refractivity contribution in [1.29, 1.82) is 0 Å². The Bertz CT molecular complexity index is 1870. The number of hydrogen-bond donors (Lipinski definition) is 0. The Hall–Kier alpha value is -5.19. The molecule has 11 nitrogen and oxygen atoms in total. The fraction of sp³-hybridized carbons (Fsp3) is 0.258. The molecule has 6 aromatic rings. The van der Waals surface area contributed by atoms with Crippen LogP contribution in [0.5, 0.6) is 0 Å². The summed E-state index contributed by atoms with van der Waals surface area (Å²) in [6.07, 6.45) is 5.17. The van der Waals surface area contributed by atoms with Crippen molar-refractivity contribution in [1.82, 2.24) is 44.9 Å². The molecular formula is C31H29N9O2. The van der Waals surface area contributed by atoms with Crippen LogP contribution in [-0.2, 0) is 7.05 Å². The average Bonchev–Trinajstić information content (AvgIpc) is 3.77. The van der Waals surface area contributed by atoms with Crippen molar-refractivity contribution in [2.75, 3.05) is 13.1 Å². The lowest BCUT2D eigenvalue weighted by molar-refractivity contribution is 0.0658. The fourth-order valence-electron chi connectivity index (χ4n) is 5.70. The van der Waals surface area contributed by atoms with Crippen molar-refractivity contribution >= 4 is 17.0 Å². The number of benzene rings is 2. The SMILES string of the molecule is Cc1nnn([C@@H](c2ccccc2)C2CCN(C(=O)c3cc(-c4nc5cc(-c6ccn(C)n6)ccc5o4)ccn3)CC2)n1. The van der Waals surface area contributed by atoms with Crippen LogP contribution in [0.2, 0.25) is 0 Å². The van der Waals surface area contributed by atoms with Crippen molar-refractivity contribution in [2.45, 2.75) is 25.8 Å². The smallest absolute Gasteiger partial charge is 0.272 e. The molecule has 0 aliphatic carbocycles. The maximum atomic E-state index is 13.5. The number of carbonyl (C=O) groups is 1. The van der Waals surface area contributed by atoms with E-state index in [0.29, 0.717) is 41.6 Å². The molecule has 4 aromatic heterocycles. The number of tetrazole rings is 1. The minimum absolute atomic E-state index is 0.0385. The number of carbonyl (C=O) groups excluding carboxylic acids is 1. The van der Waals surface area contributed by atoms with Gasteiger partial charge in [-0.25, -0.2) is 4.98 Å². The van der Waals surface area contributed by atoms with E-state index in [1.807, 2.05) is 73.6 Å². The molecule has 5 heterocycles. The number of likely N-dealkylation sites (tertiary alicyclic amines) is 1. The Labute approximate surface area is 241 Å². The first-order valence-corrected chi connectivity index (χ1v) is 14.0. The molecule has 1 fully saturated rings. The van der Waals surface area contributed by atoms with Crippen LogP contribution >= 0.6 is 0 Å². The number of aromatic nitrogens is 8. The van der Waals surface area contributed by atoms with Crippen LogP contribution in [0.3, 0.4) is 0 Å². The van der Waals surface area contributed by atoms with Gasteiger partial charge >= 0.3 is 0 Å². The summed E-state index contributed by atoms with van der Waals surface area (Å²) in [6, 6.07) is 21.6. The highest BCUT2D eigenvalue weighted by atomic mass is 16.3. The van der Waals surface area contributed by atoms with E-state index in [1.54, 1.807) is 21.7 Å². The van der Waals surface area contributed by atoms with Gasteiger partial charge < -0.3 is 9.32 Å². The molecule has 1 aliphatic rings. The van der Waals surface area contributed by atoms with Crippen molar-refractivity contribution in [2.24, 2.45) is 13.0 Å². The van der Waals surface area contributed by atoms with E-state index in [2.05, 4.69) is 37.6 Å². The summed E-state index contributed by atoms with van der Waals surface area (Å²) in [5, 5.41) is 17.4. The molecule has 1 aliphatic heterocycles. The van der Waals surface area contributed by atoms with Crippen molar-refractivity contribution in [3.63, 3.8) is 0 Å². The van der Waals surface area contributed by atoms with Crippen molar-refractivity contribution < 1.29 is 9.21 Å². The summed E-state index contributed by atoms with van der Waals surface area (Å²) in [7, 11) is 1.89. The molecular weight excluding hydrogens is 530 g/mol. The first kappa shape index (κ1) is 25.8. The number of fused-ring (bicyclic) bond motifs is 1. The molecule has 0 saturated carbocycles. The second kappa shape index (κ2) is 10.7. The number of pyridine rings is 1. The lowest BCUT2D eigenvalue weighted by Gasteiger charge is -2.35. The van der Waals surface area contributed by atoms with Gasteiger partial charge in [-0.05, 0) is 72.9 Å². The molecule has 1 amide bonds. The zero-order chi connectivity index (χ0) is 28.6. The Morgan fingerprint density at radius 1 is 0.976 bits per heavy atom. The summed E-state index contributed by atoms with van der Waals surface area (Å²) in [6.45, 7) is 3.07. The Morgan fingerprint density at radius 3 is 2.55 bits per heavy atom. The Balaban J connectivity index is 1.08. The van der Waals surface area contributed by atoms with Gasteiger partial charge in [0.15, 0.2) is 11.4 Å². The van der Waals surface area contributed by atoms with Gasteiger partial charge in [-0.2, -0.15) is 9.90 Å². The first-order chi connectivity index (χ1) is 20.5. The number of rotatable bonds is 6. The normalized spacial score (nSPS) is 14.9. The summed E-state index contributed by atoms with van der Waals surface area (Å²) in [5.41, 5.74) is 5.44.